The molecule has 7 nitrogen and oxygen atoms in total. The molecule has 3 amide bonds. The first kappa shape index (κ1) is 21.4. The molecule has 7 heteroatoms. The zero-order valence-electron chi connectivity index (χ0n) is 18.6. The van der Waals surface area contributed by atoms with E-state index in [0.717, 1.165) is 36.3 Å². The van der Waals surface area contributed by atoms with Crippen LogP contribution in [-0.2, 0) is 17.9 Å². The SMILES string of the molecule is Cc1nn(Cc2ccccc2)c(C)c1CNC(=O)N1CCN(C(=O)C2CCCC2)CC1. The van der Waals surface area contributed by atoms with Gasteiger partial charge in [-0.2, -0.15) is 5.10 Å². The lowest BCUT2D eigenvalue weighted by atomic mass is 10.1. The van der Waals surface area contributed by atoms with E-state index in [1.165, 1.54) is 18.4 Å². The second kappa shape index (κ2) is 9.54. The summed E-state index contributed by atoms with van der Waals surface area (Å²) in [6.45, 7) is 7.68. The first-order valence-corrected chi connectivity index (χ1v) is 11.4. The lowest BCUT2D eigenvalue weighted by Crippen LogP contribution is -2.54. The van der Waals surface area contributed by atoms with Crippen LogP contribution in [0.15, 0.2) is 30.3 Å². The summed E-state index contributed by atoms with van der Waals surface area (Å²) in [5.41, 5.74) is 4.29. The van der Waals surface area contributed by atoms with E-state index >= 15 is 0 Å². The van der Waals surface area contributed by atoms with Crippen LogP contribution in [0.2, 0.25) is 0 Å². The van der Waals surface area contributed by atoms with Crippen LogP contribution >= 0.6 is 0 Å². The summed E-state index contributed by atoms with van der Waals surface area (Å²) in [4.78, 5) is 29.1. The highest BCUT2D eigenvalue weighted by molar-refractivity contribution is 5.80. The van der Waals surface area contributed by atoms with E-state index in [1.54, 1.807) is 0 Å². The van der Waals surface area contributed by atoms with Crippen LogP contribution in [0.5, 0.6) is 0 Å². The van der Waals surface area contributed by atoms with Crippen LogP contribution < -0.4 is 5.32 Å². The van der Waals surface area contributed by atoms with Gasteiger partial charge in [-0.1, -0.05) is 43.2 Å². The van der Waals surface area contributed by atoms with E-state index in [1.807, 2.05) is 39.6 Å². The minimum atomic E-state index is -0.0671. The summed E-state index contributed by atoms with van der Waals surface area (Å²) in [6.07, 6.45) is 4.38. The molecule has 0 unspecified atom stereocenters. The molecule has 0 atom stereocenters. The summed E-state index contributed by atoms with van der Waals surface area (Å²) < 4.78 is 2.00. The molecule has 1 aromatic heterocycles. The zero-order chi connectivity index (χ0) is 21.8. The zero-order valence-corrected chi connectivity index (χ0v) is 18.6. The Morgan fingerprint density at radius 1 is 1.00 bits per heavy atom. The lowest BCUT2D eigenvalue weighted by molar-refractivity contribution is -0.136. The maximum absolute atomic E-state index is 12.7. The molecule has 166 valence electrons. The number of nitrogens with one attached hydrogen (secondary N) is 1. The van der Waals surface area contributed by atoms with Crippen LogP contribution in [-0.4, -0.2) is 57.7 Å². The average Bonchev–Trinajstić information content (AvgIpc) is 3.42. The number of piperazine rings is 1. The fraction of sp³-hybridized carbons (Fsp3) is 0.542. The number of carbonyl (C=O) groups is 2. The molecular weight excluding hydrogens is 390 g/mol. The number of aromatic nitrogens is 2. The second-order valence-corrected chi connectivity index (χ2v) is 8.75. The first-order valence-electron chi connectivity index (χ1n) is 11.4. The van der Waals surface area contributed by atoms with Gasteiger partial charge >= 0.3 is 6.03 Å². The molecule has 0 radical (unpaired) electrons. The summed E-state index contributed by atoms with van der Waals surface area (Å²) >= 11 is 0. The number of urea groups is 1. The van der Waals surface area contributed by atoms with Crippen LogP contribution in [0, 0.1) is 19.8 Å². The normalized spacial score (nSPS) is 17.2. The van der Waals surface area contributed by atoms with Crippen molar-refractivity contribution in [2.24, 2.45) is 5.92 Å². The molecule has 1 aromatic carbocycles. The van der Waals surface area contributed by atoms with E-state index in [2.05, 4.69) is 29.5 Å². The van der Waals surface area contributed by atoms with Gasteiger partial charge in [-0.3, -0.25) is 9.48 Å². The highest BCUT2D eigenvalue weighted by Crippen LogP contribution is 2.27. The van der Waals surface area contributed by atoms with Gasteiger partial charge in [-0.15, -0.1) is 0 Å². The van der Waals surface area contributed by atoms with E-state index < -0.39 is 0 Å². The Bertz CT molecular complexity index is 910. The van der Waals surface area contributed by atoms with Crippen LogP contribution in [0.4, 0.5) is 4.79 Å². The Balaban J connectivity index is 1.29. The molecule has 1 aliphatic carbocycles. The van der Waals surface area contributed by atoms with Crippen LogP contribution in [0.1, 0.15) is 48.2 Å². The third kappa shape index (κ3) is 4.92. The monoisotopic (exact) mass is 423 g/mol. The summed E-state index contributed by atoms with van der Waals surface area (Å²) in [7, 11) is 0. The Kier molecular flexibility index (Phi) is 6.59. The van der Waals surface area contributed by atoms with Gasteiger partial charge in [0.1, 0.15) is 0 Å². The highest BCUT2D eigenvalue weighted by Gasteiger charge is 2.30. The van der Waals surface area contributed by atoms with Gasteiger partial charge < -0.3 is 15.1 Å². The van der Waals surface area contributed by atoms with Gasteiger partial charge in [-0.25, -0.2) is 4.79 Å². The Morgan fingerprint density at radius 2 is 1.65 bits per heavy atom. The summed E-state index contributed by atoms with van der Waals surface area (Å²) in [6, 6.07) is 10.2. The maximum Gasteiger partial charge on any atom is 0.317 e. The summed E-state index contributed by atoms with van der Waals surface area (Å²) in [5.74, 6) is 0.494. The van der Waals surface area contributed by atoms with Gasteiger partial charge in [-0.05, 0) is 32.3 Å². The Morgan fingerprint density at radius 3 is 2.32 bits per heavy atom. The lowest BCUT2D eigenvalue weighted by Gasteiger charge is -2.36. The number of carbonyl (C=O) groups excluding carboxylic acids is 2. The first-order chi connectivity index (χ1) is 15.0. The van der Waals surface area contributed by atoms with Crippen molar-refractivity contribution in [3.8, 4) is 0 Å². The van der Waals surface area contributed by atoms with E-state index in [-0.39, 0.29) is 17.9 Å². The van der Waals surface area contributed by atoms with Crippen LogP contribution in [0.25, 0.3) is 0 Å². The predicted octanol–water partition coefficient (Wildman–Crippen LogP) is 3.09. The quantitative estimate of drug-likeness (QED) is 0.803. The molecule has 1 aliphatic heterocycles. The molecule has 2 heterocycles. The van der Waals surface area contributed by atoms with Gasteiger partial charge in [0.25, 0.3) is 0 Å². The van der Waals surface area contributed by atoms with Crippen molar-refractivity contribution < 1.29 is 9.59 Å². The number of amides is 3. The molecule has 0 spiro atoms. The molecule has 4 rings (SSSR count). The third-order valence-corrected chi connectivity index (χ3v) is 6.71. The molecule has 1 saturated heterocycles. The standard InChI is InChI=1S/C24H33N5O2/c1-18-22(19(2)29(26-18)17-20-8-4-3-5-9-20)16-25-24(31)28-14-12-27(13-15-28)23(30)21-10-6-7-11-21/h3-5,8-9,21H,6-7,10-17H2,1-2H3,(H,25,31). The number of hydrogen-bond donors (Lipinski definition) is 1. The fourth-order valence-electron chi connectivity index (χ4n) is 4.74. The second-order valence-electron chi connectivity index (χ2n) is 8.75. The minimum Gasteiger partial charge on any atom is -0.339 e. The van der Waals surface area contributed by atoms with Crippen molar-refractivity contribution in [3.05, 3.63) is 52.8 Å². The number of aryl methyl sites for hydroxylation is 1. The number of nitrogens with zero attached hydrogens (tertiary/aromatic N) is 4. The van der Waals surface area contributed by atoms with Crippen molar-refractivity contribution in [3.63, 3.8) is 0 Å². The molecule has 2 aromatic rings. The molecule has 1 saturated carbocycles. The van der Waals surface area contributed by atoms with E-state index in [0.29, 0.717) is 32.7 Å². The minimum absolute atomic E-state index is 0.0671. The maximum atomic E-state index is 12.7. The average molecular weight is 424 g/mol. The molecule has 2 aliphatic rings. The number of hydrogen-bond acceptors (Lipinski definition) is 3. The number of benzene rings is 1. The van der Waals surface area contributed by atoms with Crippen molar-refractivity contribution in [2.45, 2.75) is 52.6 Å². The van der Waals surface area contributed by atoms with Crippen molar-refractivity contribution in [1.29, 1.82) is 0 Å². The van der Waals surface area contributed by atoms with Gasteiger partial charge in [0.2, 0.25) is 5.91 Å². The van der Waals surface area contributed by atoms with E-state index in [4.69, 9.17) is 0 Å². The van der Waals surface area contributed by atoms with Gasteiger partial charge in [0.05, 0.1) is 12.2 Å². The molecule has 1 N–H and O–H groups in total. The Hall–Kier alpha value is -2.83. The van der Waals surface area contributed by atoms with Crippen LogP contribution in [0.3, 0.4) is 0 Å². The smallest absolute Gasteiger partial charge is 0.317 e. The van der Waals surface area contributed by atoms with Crippen molar-refractivity contribution in [1.82, 2.24) is 24.9 Å². The number of rotatable bonds is 5. The molecule has 0 bridgehead atoms. The van der Waals surface area contributed by atoms with Crippen molar-refractivity contribution in [2.75, 3.05) is 26.2 Å². The summed E-state index contributed by atoms with van der Waals surface area (Å²) in [5, 5.41) is 7.73. The molecule has 31 heavy (non-hydrogen) atoms. The largest absolute Gasteiger partial charge is 0.339 e. The highest BCUT2D eigenvalue weighted by atomic mass is 16.2. The Labute approximate surface area is 184 Å². The molecular formula is C24H33N5O2. The predicted molar refractivity (Wildman–Crippen MR) is 120 cm³/mol. The van der Waals surface area contributed by atoms with E-state index in [9.17, 15) is 9.59 Å². The fourth-order valence-corrected chi connectivity index (χ4v) is 4.74. The molecule has 2 fully saturated rings. The van der Waals surface area contributed by atoms with Gasteiger partial charge in [0.15, 0.2) is 0 Å². The third-order valence-electron chi connectivity index (χ3n) is 6.71. The topological polar surface area (TPSA) is 70.5 Å². The van der Waals surface area contributed by atoms with Crippen molar-refractivity contribution >= 4 is 11.9 Å². The van der Waals surface area contributed by atoms with Gasteiger partial charge in [0, 0.05) is 49.9 Å².